The zero-order valence-corrected chi connectivity index (χ0v) is 18.1. The van der Waals surface area contributed by atoms with Gasteiger partial charge in [0.25, 0.3) is 0 Å². The molecule has 1 saturated heterocycles. The predicted molar refractivity (Wildman–Crippen MR) is 119 cm³/mol. The van der Waals surface area contributed by atoms with Crippen molar-refractivity contribution in [3.8, 4) is 11.1 Å². The Labute approximate surface area is 187 Å². The third-order valence-corrected chi connectivity index (χ3v) is 6.27. The zero-order chi connectivity index (χ0) is 22.7. The number of aliphatic carboxylic acids is 1. The number of carbonyl (C=O) groups excluding carboxylic acids is 2. The summed E-state index contributed by atoms with van der Waals surface area (Å²) in [5, 5.41) is 11.5. The van der Waals surface area contributed by atoms with Gasteiger partial charge in [0.1, 0.15) is 6.61 Å². The number of nitrogens with one attached hydrogen (secondary N) is 1. The van der Waals surface area contributed by atoms with Gasteiger partial charge in [-0.25, -0.2) is 4.79 Å². The Morgan fingerprint density at radius 2 is 1.66 bits per heavy atom. The summed E-state index contributed by atoms with van der Waals surface area (Å²) in [6, 6.07) is 16.0. The summed E-state index contributed by atoms with van der Waals surface area (Å²) in [6.45, 7) is 3.19. The second-order valence-corrected chi connectivity index (χ2v) is 8.67. The van der Waals surface area contributed by atoms with Crippen LogP contribution >= 0.6 is 0 Å². The minimum absolute atomic E-state index is 0.00564. The Hall–Kier alpha value is -3.35. The topological polar surface area (TPSA) is 95.9 Å². The minimum atomic E-state index is -0.810. The highest BCUT2D eigenvalue weighted by Crippen LogP contribution is 2.44. The first kappa shape index (κ1) is 21.9. The van der Waals surface area contributed by atoms with Gasteiger partial charge in [0.15, 0.2) is 0 Å². The Morgan fingerprint density at radius 1 is 1.06 bits per heavy atom. The fraction of sp³-hybridized carbons (Fsp3) is 0.400. The monoisotopic (exact) mass is 436 g/mol. The van der Waals surface area contributed by atoms with E-state index < -0.39 is 12.1 Å². The minimum Gasteiger partial charge on any atom is -0.481 e. The number of carboxylic acid groups (broad SMARTS) is 1. The summed E-state index contributed by atoms with van der Waals surface area (Å²) in [7, 11) is 0. The highest BCUT2D eigenvalue weighted by atomic mass is 16.5. The van der Waals surface area contributed by atoms with Crippen molar-refractivity contribution in [3.63, 3.8) is 0 Å². The number of nitrogens with zero attached hydrogens (tertiary/aromatic N) is 1. The summed E-state index contributed by atoms with van der Waals surface area (Å²) >= 11 is 0. The van der Waals surface area contributed by atoms with Crippen LogP contribution in [-0.4, -0.2) is 53.7 Å². The molecule has 2 aliphatic rings. The largest absolute Gasteiger partial charge is 0.481 e. The number of carboxylic acids is 1. The molecular formula is C25H28N2O5. The first-order chi connectivity index (χ1) is 15.4. The average molecular weight is 437 g/mol. The van der Waals surface area contributed by atoms with Crippen LogP contribution in [0.2, 0.25) is 0 Å². The number of alkyl carbamates (subject to hydrolysis) is 1. The lowest BCUT2D eigenvalue weighted by atomic mass is 9.94. The number of rotatable bonds is 8. The molecule has 1 fully saturated rings. The molecular weight excluding hydrogens is 408 g/mol. The molecule has 2 aromatic rings. The van der Waals surface area contributed by atoms with Gasteiger partial charge in [-0.3, -0.25) is 9.59 Å². The van der Waals surface area contributed by atoms with E-state index in [4.69, 9.17) is 9.84 Å². The smallest absolute Gasteiger partial charge is 0.407 e. The maximum Gasteiger partial charge on any atom is 0.407 e. The molecule has 2 amide bonds. The standard InChI is InChI=1S/C25H28N2O5/c1-16(12-23(28)27-13-17(14-27)10-11-24(29)30)26-25(31)32-15-22-20-8-4-2-6-18(20)19-7-3-5-9-21(19)22/h2-9,16-17,22H,10-15H2,1H3,(H,26,31)(H,29,30)/t16-/m1/s1. The van der Waals surface area contributed by atoms with Crippen LogP contribution in [0.1, 0.15) is 43.2 Å². The molecule has 0 aromatic heterocycles. The Balaban J connectivity index is 1.23. The van der Waals surface area contributed by atoms with Crippen molar-refractivity contribution < 1.29 is 24.2 Å². The van der Waals surface area contributed by atoms with E-state index in [1.807, 2.05) is 24.3 Å². The highest BCUT2D eigenvalue weighted by Gasteiger charge is 2.32. The Bertz CT molecular complexity index is 969. The van der Waals surface area contributed by atoms with E-state index in [2.05, 4.69) is 29.6 Å². The molecule has 0 radical (unpaired) electrons. The van der Waals surface area contributed by atoms with Gasteiger partial charge in [-0.2, -0.15) is 0 Å². The third-order valence-electron chi connectivity index (χ3n) is 6.27. The molecule has 168 valence electrons. The summed E-state index contributed by atoms with van der Waals surface area (Å²) < 4.78 is 5.53. The molecule has 1 atom stereocenters. The number of amides is 2. The Morgan fingerprint density at radius 3 is 2.25 bits per heavy atom. The maximum absolute atomic E-state index is 12.4. The lowest BCUT2D eigenvalue weighted by molar-refractivity contribution is -0.139. The lowest BCUT2D eigenvalue weighted by Crippen LogP contribution is -2.51. The van der Waals surface area contributed by atoms with Gasteiger partial charge < -0.3 is 20.1 Å². The number of benzene rings is 2. The first-order valence-corrected chi connectivity index (χ1v) is 11.0. The van der Waals surface area contributed by atoms with Gasteiger partial charge in [0, 0.05) is 37.9 Å². The van der Waals surface area contributed by atoms with Crippen molar-refractivity contribution >= 4 is 18.0 Å². The second-order valence-electron chi connectivity index (χ2n) is 8.67. The van der Waals surface area contributed by atoms with Crippen molar-refractivity contribution in [1.82, 2.24) is 10.2 Å². The zero-order valence-electron chi connectivity index (χ0n) is 18.1. The van der Waals surface area contributed by atoms with Crippen LogP contribution < -0.4 is 5.32 Å². The summed E-state index contributed by atoms with van der Waals surface area (Å²) in [5.74, 6) is -0.604. The molecule has 0 spiro atoms. The number of ether oxygens (including phenoxy) is 1. The van der Waals surface area contributed by atoms with Crippen LogP contribution in [0.4, 0.5) is 4.79 Å². The molecule has 4 rings (SSSR count). The molecule has 7 nitrogen and oxygen atoms in total. The number of likely N-dealkylation sites (tertiary alicyclic amines) is 1. The van der Waals surface area contributed by atoms with Gasteiger partial charge in [-0.05, 0) is 41.5 Å². The Kier molecular flexibility index (Phi) is 6.44. The average Bonchev–Trinajstić information content (AvgIpc) is 3.04. The van der Waals surface area contributed by atoms with Crippen molar-refractivity contribution in [3.05, 3.63) is 59.7 Å². The van der Waals surface area contributed by atoms with Crippen molar-refractivity contribution in [2.24, 2.45) is 5.92 Å². The van der Waals surface area contributed by atoms with Crippen molar-refractivity contribution in [2.75, 3.05) is 19.7 Å². The molecule has 7 heteroatoms. The number of hydrogen-bond acceptors (Lipinski definition) is 4. The summed E-state index contributed by atoms with van der Waals surface area (Å²) in [4.78, 5) is 37.1. The summed E-state index contributed by atoms with van der Waals surface area (Å²) in [6.07, 6.45) is 0.379. The molecule has 1 heterocycles. The molecule has 2 N–H and O–H groups in total. The van der Waals surface area contributed by atoms with Gasteiger partial charge in [-0.1, -0.05) is 48.5 Å². The normalized spacial score (nSPS) is 16.0. The number of hydrogen-bond donors (Lipinski definition) is 2. The molecule has 0 bridgehead atoms. The third kappa shape index (κ3) is 4.77. The van der Waals surface area contributed by atoms with E-state index in [-0.39, 0.29) is 43.2 Å². The lowest BCUT2D eigenvalue weighted by Gasteiger charge is -2.39. The molecule has 1 aliphatic heterocycles. The highest BCUT2D eigenvalue weighted by molar-refractivity contribution is 5.80. The molecule has 0 saturated carbocycles. The van der Waals surface area contributed by atoms with E-state index in [0.717, 1.165) is 11.1 Å². The van der Waals surface area contributed by atoms with E-state index in [0.29, 0.717) is 19.5 Å². The van der Waals surface area contributed by atoms with Gasteiger partial charge in [0.2, 0.25) is 5.91 Å². The van der Waals surface area contributed by atoms with E-state index in [1.165, 1.54) is 11.1 Å². The van der Waals surface area contributed by atoms with Gasteiger partial charge in [0.05, 0.1) is 0 Å². The molecule has 0 unspecified atom stereocenters. The van der Waals surface area contributed by atoms with E-state index >= 15 is 0 Å². The second kappa shape index (κ2) is 9.42. The van der Waals surface area contributed by atoms with Gasteiger partial charge in [-0.15, -0.1) is 0 Å². The van der Waals surface area contributed by atoms with Crippen LogP contribution in [-0.2, 0) is 14.3 Å². The van der Waals surface area contributed by atoms with E-state index in [1.54, 1.807) is 11.8 Å². The van der Waals surface area contributed by atoms with Gasteiger partial charge >= 0.3 is 12.1 Å². The fourth-order valence-corrected chi connectivity index (χ4v) is 4.57. The number of fused-ring (bicyclic) bond motifs is 3. The first-order valence-electron chi connectivity index (χ1n) is 11.0. The van der Waals surface area contributed by atoms with E-state index in [9.17, 15) is 14.4 Å². The molecule has 2 aromatic carbocycles. The molecule has 1 aliphatic carbocycles. The van der Waals surface area contributed by atoms with Crippen LogP contribution in [0, 0.1) is 5.92 Å². The quantitative estimate of drug-likeness (QED) is 0.659. The van der Waals surface area contributed by atoms with Crippen LogP contribution in [0.15, 0.2) is 48.5 Å². The van der Waals surface area contributed by atoms with Crippen molar-refractivity contribution in [2.45, 2.75) is 38.1 Å². The number of carbonyl (C=O) groups is 3. The molecule has 32 heavy (non-hydrogen) atoms. The van der Waals surface area contributed by atoms with Crippen LogP contribution in [0.3, 0.4) is 0 Å². The van der Waals surface area contributed by atoms with Crippen LogP contribution in [0.25, 0.3) is 11.1 Å². The predicted octanol–water partition coefficient (Wildman–Crippen LogP) is 3.63. The fourth-order valence-electron chi connectivity index (χ4n) is 4.57. The van der Waals surface area contributed by atoms with Crippen molar-refractivity contribution in [1.29, 1.82) is 0 Å². The van der Waals surface area contributed by atoms with Crippen LogP contribution in [0.5, 0.6) is 0 Å². The summed E-state index contributed by atoms with van der Waals surface area (Å²) in [5.41, 5.74) is 4.65. The maximum atomic E-state index is 12.4. The SMILES string of the molecule is C[C@H](CC(=O)N1CC(CCC(=O)O)C1)NC(=O)OCC1c2ccccc2-c2ccccc21.